The van der Waals surface area contributed by atoms with Crippen molar-refractivity contribution in [3.05, 3.63) is 62.4 Å². The van der Waals surface area contributed by atoms with Crippen LogP contribution in [0.1, 0.15) is 18.1 Å². The summed E-state index contributed by atoms with van der Waals surface area (Å²) in [5.41, 5.74) is 1.88. The molecule has 0 saturated carbocycles. The fourth-order valence-electron chi connectivity index (χ4n) is 1.94. The zero-order valence-corrected chi connectivity index (χ0v) is 10.8. The third-order valence-electron chi connectivity index (χ3n) is 3.23. The average Bonchev–Trinajstić information content (AvgIpc) is 2.37. The van der Waals surface area contributed by atoms with E-state index in [-0.39, 0.29) is 0 Å². The van der Waals surface area contributed by atoms with Gasteiger partial charge in [0.15, 0.2) is 0 Å². The van der Waals surface area contributed by atoms with E-state index >= 15 is 0 Å². The topological polar surface area (TPSA) is 44.0 Å². The Balaban J connectivity index is 2.74. The van der Waals surface area contributed by atoms with Gasteiger partial charge in [0, 0.05) is 18.9 Å². The van der Waals surface area contributed by atoms with Crippen molar-refractivity contribution >= 4 is 0 Å². The molecule has 0 N–H and O–H groups in total. The predicted octanol–water partition coefficient (Wildman–Crippen LogP) is 1.64. The molecule has 0 amide bonds. The van der Waals surface area contributed by atoms with Gasteiger partial charge in [-0.2, -0.15) is 0 Å². The lowest BCUT2D eigenvalue weighted by molar-refractivity contribution is 0.692. The molecule has 0 aliphatic rings. The van der Waals surface area contributed by atoms with Gasteiger partial charge in [0.05, 0.1) is 5.69 Å². The summed E-state index contributed by atoms with van der Waals surface area (Å²) >= 11 is 0. The Bertz CT molecular complexity index is 696. The Kier molecular flexibility index (Phi) is 3.19. The van der Waals surface area contributed by atoms with Crippen LogP contribution < -0.4 is 11.1 Å². The zero-order valence-electron chi connectivity index (χ0n) is 10.8. The molecular weight excluding hydrogens is 228 g/mol. The second-order valence-corrected chi connectivity index (χ2v) is 4.28. The van der Waals surface area contributed by atoms with E-state index in [1.54, 1.807) is 12.4 Å². The number of nitrogens with zero attached hydrogens (tertiary/aromatic N) is 2. The zero-order chi connectivity index (χ0) is 13.3. The fraction of sp³-hybridized carbons (Fsp3) is 0.286. The molecule has 0 aliphatic carbocycles. The van der Waals surface area contributed by atoms with E-state index in [1.165, 1.54) is 9.13 Å². The van der Waals surface area contributed by atoms with E-state index < -0.39 is 11.1 Å². The molecular formula is C14H16N2O2. The summed E-state index contributed by atoms with van der Waals surface area (Å²) in [6.07, 6.45) is 3.29. The summed E-state index contributed by atoms with van der Waals surface area (Å²) in [6, 6.07) is 5.71. The van der Waals surface area contributed by atoms with Gasteiger partial charge in [-0.05, 0) is 38.0 Å². The Morgan fingerprint density at radius 1 is 1.06 bits per heavy atom. The lowest BCUT2D eigenvalue weighted by atomic mass is 10.1. The first kappa shape index (κ1) is 12.4. The fourth-order valence-corrected chi connectivity index (χ4v) is 1.94. The summed E-state index contributed by atoms with van der Waals surface area (Å²) in [7, 11) is 0. The monoisotopic (exact) mass is 244 g/mol. The predicted molar refractivity (Wildman–Crippen MR) is 71.4 cm³/mol. The number of aromatic nitrogens is 2. The molecule has 0 saturated heterocycles. The number of rotatable bonds is 2. The van der Waals surface area contributed by atoms with Crippen LogP contribution in [0.5, 0.6) is 0 Å². The highest BCUT2D eigenvalue weighted by Crippen LogP contribution is 2.15. The van der Waals surface area contributed by atoms with Crippen molar-refractivity contribution in [2.75, 3.05) is 0 Å². The first-order valence-electron chi connectivity index (χ1n) is 5.95. The van der Waals surface area contributed by atoms with Gasteiger partial charge in [-0.15, -0.1) is 0 Å². The number of hydrogen-bond donors (Lipinski definition) is 0. The van der Waals surface area contributed by atoms with Gasteiger partial charge in [0.1, 0.15) is 0 Å². The minimum atomic E-state index is -0.506. The molecule has 0 aliphatic heterocycles. The van der Waals surface area contributed by atoms with Crippen LogP contribution in [0.2, 0.25) is 0 Å². The van der Waals surface area contributed by atoms with Crippen LogP contribution in [0.3, 0.4) is 0 Å². The summed E-state index contributed by atoms with van der Waals surface area (Å²) in [5, 5.41) is 0. The maximum Gasteiger partial charge on any atom is 0.320 e. The van der Waals surface area contributed by atoms with E-state index in [1.807, 2.05) is 39.0 Å². The van der Waals surface area contributed by atoms with Crippen LogP contribution in [0, 0.1) is 13.8 Å². The highest BCUT2D eigenvalue weighted by Gasteiger charge is 2.08. The normalized spacial score (nSPS) is 10.6. The molecule has 0 unspecified atom stereocenters. The highest BCUT2D eigenvalue weighted by atomic mass is 16.2. The molecule has 94 valence electrons. The van der Waals surface area contributed by atoms with Gasteiger partial charge in [-0.3, -0.25) is 14.2 Å². The Morgan fingerprint density at radius 3 is 2.44 bits per heavy atom. The van der Waals surface area contributed by atoms with E-state index in [2.05, 4.69) is 0 Å². The lowest BCUT2D eigenvalue weighted by Crippen LogP contribution is -2.39. The highest BCUT2D eigenvalue weighted by molar-refractivity contribution is 5.44. The SMILES string of the molecule is CCn1ccn(-c2cccc(C)c2C)c(=O)c1=O. The van der Waals surface area contributed by atoms with Crippen molar-refractivity contribution in [3.63, 3.8) is 0 Å². The first-order chi connectivity index (χ1) is 8.56. The molecule has 18 heavy (non-hydrogen) atoms. The third-order valence-corrected chi connectivity index (χ3v) is 3.23. The maximum absolute atomic E-state index is 12.0. The Labute approximate surface area is 105 Å². The van der Waals surface area contributed by atoms with Gasteiger partial charge in [0.2, 0.25) is 0 Å². The lowest BCUT2D eigenvalue weighted by Gasteiger charge is -2.11. The van der Waals surface area contributed by atoms with E-state index in [4.69, 9.17) is 0 Å². The number of hydrogen-bond acceptors (Lipinski definition) is 2. The third kappa shape index (κ3) is 1.90. The molecule has 2 rings (SSSR count). The molecule has 0 bridgehead atoms. The number of aryl methyl sites for hydroxylation is 2. The molecule has 1 heterocycles. The van der Waals surface area contributed by atoms with Crippen LogP contribution in [-0.2, 0) is 6.54 Å². The van der Waals surface area contributed by atoms with Gasteiger partial charge >= 0.3 is 11.1 Å². The van der Waals surface area contributed by atoms with E-state index in [0.29, 0.717) is 6.54 Å². The van der Waals surface area contributed by atoms with Gasteiger partial charge < -0.3 is 4.57 Å². The molecule has 2 aromatic rings. The van der Waals surface area contributed by atoms with E-state index in [9.17, 15) is 9.59 Å². The van der Waals surface area contributed by atoms with Gasteiger partial charge in [0.25, 0.3) is 0 Å². The molecule has 0 fully saturated rings. The summed E-state index contributed by atoms with van der Waals surface area (Å²) in [4.78, 5) is 23.9. The van der Waals surface area contributed by atoms with Crippen molar-refractivity contribution < 1.29 is 0 Å². The van der Waals surface area contributed by atoms with Crippen molar-refractivity contribution in [2.45, 2.75) is 27.3 Å². The second kappa shape index (κ2) is 4.64. The van der Waals surface area contributed by atoms with Crippen molar-refractivity contribution in [2.24, 2.45) is 0 Å². The Morgan fingerprint density at radius 2 is 1.78 bits per heavy atom. The average molecular weight is 244 g/mol. The molecule has 0 atom stereocenters. The van der Waals surface area contributed by atoms with Crippen LogP contribution in [0.25, 0.3) is 5.69 Å². The minimum Gasteiger partial charge on any atom is -0.310 e. The summed E-state index contributed by atoms with van der Waals surface area (Å²) in [5.74, 6) is 0. The van der Waals surface area contributed by atoms with Crippen LogP contribution in [0.4, 0.5) is 0 Å². The largest absolute Gasteiger partial charge is 0.320 e. The van der Waals surface area contributed by atoms with Crippen LogP contribution >= 0.6 is 0 Å². The quantitative estimate of drug-likeness (QED) is 0.754. The number of benzene rings is 1. The van der Waals surface area contributed by atoms with Crippen molar-refractivity contribution in [1.82, 2.24) is 9.13 Å². The Hall–Kier alpha value is -2.10. The molecule has 1 aromatic carbocycles. The summed E-state index contributed by atoms with van der Waals surface area (Å²) < 4.78 is 2.82. The van der Waals surface area contributed by atoms with Crippen molar-refractivity contribution in [3.8, 4) is 5.69 Å². The van der Waals surface area contributed by atoms with Crippen LogP contribution in [-0.4, -0.2) is 9.13 Å². The standard InChI is InChI=1S/C14H16N2O2/c1-4-15-8-9-16(14(18)13(15)17)12-7-5-6-10(2)11(12)3/h5-9H,4H2,1-3H3. The molecule has 0 radical (unpaired) electrons. The van der Waals surface area contributed by atoms with E-state index in [0.717, 1.165) is 16.8 Å². The first-order valence-corrected chi connectivity index (χ1v) is 5.95. The maximum atomic E-state index is 12.0. The van der Waals surface area contributed by atoms with Gasteiger partial charge in [-0.25, -0.2) is 0 Å². The molecule has 0 spiro atoms. The minimum absolute atomic E-state index is 0.485. The molecule has 4 heteroatoms. The van der Waals surface area contributed by atoms with Crippen molar-refractivity contribution in [1.29, 1.82) is 0 Å². The molecule has 1 aromatic heterocycles. The summed E-state index contributed by atoms with van der Waals surface area (Å²) in [6.45, 7) is 6.27. The second-order valence-electron chi connectivity index (χ2n) is 4.28. The molecule has 4 nitrogen and oxygen atoms in total. The smallest absolute Gasteiger partial charge is 0.310 e. The van der Waals surface area contributed by atoms with Gasteiger partial charge in [-0.1, -0.05) is 12.1 Å². The van der Waals surface area contributed by atoms with Crippen LogP contribution in [0.15, 0.2) is 40.2 Å².